The van der Waals surface area contributed by atoms with Gasteiger partial charge in [-0.3, -0.25) is 9.98 Å². The molecule has 1 rings (SSSR count). The highest BCUT2D eigenvalue weighted by molar-refractivity contribution is 8.13. The molecule has 6 heteroatoms. The number of aliphatic imine (C=N–C) groups is 2. The molecule has 0 saturated carbocycles. The maximum absolute atomic E-state index is 5.85. The van der Waals surface area contributed by atoms with Crippen LogP contribution in [0.1, 0.15) is 47.0 Å². The Morgan fingerprint density at radius 3 is 2.69 bits per heavy atom. The van der Waals surface area contributed by atoms with E-state index in [0.717, 1.165) is 48.1 Å². The maximum Gasteiger partial charge on any atom is 0.159 e. The third-order valence-electron chi connectivity index (χ3n) is 5.44. The lowest BCUT2D eigenvalue weighted by Crippen LogP contribution is -2.34. The normalized spacial score (nSPS) is 23.2. The molecule has 1 heterocycles. The monoisotopic (exact) mass is 419 g/mol. The average Bonchev–Trinajstić information content (AvgIpc) is 2.76. The molecular formula is C23H41N5S. The molecule has 0 aromatic heterocycles. The second kappa shape index (κ2) is 12.2. The van der Waals surface area contributed by atoms with Gasteiger partial charge in [0.2, 0.25) is 0 Å². The molecule has 0 saturated heterocycles. The predicted molar refractivity (Wildman–Crippen MR) is 132 cm³/mol. The van der Waals surface area contributed by atoms with Crippen LogP contribution in [-0.4, -0.2) is 66.7 Å². The first-order valence-corrected chi connectivity index (χ1v) is 11.5. The van der Waals surface area contributed by atoms with Gasteiger partial charge in [0.25, 0.3) is 0 Å². The van der Waals surface area contributed by atoms with Crippen LogP contribution in [0.25, 0.3) is 0 Å². The zero-order valence-electron chi connectivity index (χ0n) is 19.5. The Morgan fingerprint density at radius 2 is 2.14 bits per heavy atom. The van der Waals surface area contributed by atoms with Crippen molar-refractivity contribution in [1.29, 1.82) is 0 Å². The van der Waals surface area contributed by atoms with Gasteiger partial charge in [-0.2, -0.15) is 0 Å². The highest BCUT2D eigenvalue weighted by Crippen LogP contribution is 2.34. The van der Waals surface area contributed by atoms with Crippen LogP contribution in [0, 0.1) is 5.41 Å². The Kier molecular flexibility index (Phi) is 10.8. The van der Waals surface area contributed by atoms with Crippen LogP contribution in [0.15, 0.2) is 46.2 Å². The zero-order valence-corrected chi connectivity index (χ0v) is 20.3. The van der Waals surface area contributed by atoms with E-state index in [-0.39, 0.29) is 11.5 Å². The van der Waals surface area contributed by atoms with E-state index in [4.69, 9.17) is 15.7 Å². The summed E-state index contributed by atoms with van der Waals surface area (Å²) in [6.45, 7) is 13.5. The molecule has 1 aliphatic heterocycles. The fourth-order valence-electron chi connectivity index (χ4n) is 3.20. The van der Waals surface area contributed by atoms with E-state index in [1.54, 1.807) is 11.8 Å². The van der Waals surface area contributed by atoms with Gasteiger partial charge in [0.05, 0.1) is 6.04 Å². The number of nitrogens with zero attached hydrogens (tertiary/aromatic N) is 4. The number of thioether (sulfide) groups is 1. The van der Waals surface area contributed by atoms with Crippen LogP contribution in [0.3, 0.4) is 0 Å². The van der Waals surface area contributed by atoms with Crippen LogP contribution in [0.4, 0.5) is 0 Å². The van der Waals surface area contributed by atoms with Gasteiger partial charge < -0.3 is 15.5 Å². The average molecular weight is 420 g/mol. The van der Waals surface area contributed by atoms with Crippen molar-refractivity contribution in [2.45, 2.75) is 59.0 Å². The van der Waals surface area contributed by atoms with Crippen LogP contribution < -0.4 is 5.73 Å². The molecule has 2 unspecified atom stereocenters. The summed E-state index contributed by atoms with van der Waals surface area (Å²) in [7, 11) is 6.45. The first kappa shape index (κ1) is 25.5. The predicted octanol–water partition coefficient (Wildman–Crippen LogP) is 4.54. The van der Waals surface area contributed by atoms with E-state index in [1.807, 2.05) is 25.3 Å². The molecule has 5 nitrogen and oxygen atoms in total. The summed E-state index contributed by atoms with van der Waals surface area (Å²) in [5.41, 5.74) is 7.47. The van der Waals surface area contributed by atoms with Gasteiger partial charge in [0.1, 0.15) is 0 Å². The fraction of sp³-hybridized carbons (Fsp3) is 0.652. The summed E-state index contributed by atoms with van der Waals surface area (Å²) < 4.78 is 0. The van der Waals surface area contributed by atoms with Crippen molar-refractivity contribution in [3.8, 4) is 0 Å². The van der Waals surface area contributed by atoms with Crippen LogP contribution in [0.5, 0.6) is 0 Å². The van der Waals surface area contributed by atoms with Crippen molar-refractivity contribution in [3.63, 3.8) is 0 Å². The molecule has 0 spiro atoms. The first-order valence-electron chi connectivity index (χ1n) is 10.5. The Labute approximate surface area is 182 Å². The van der Waals surface area contributed by atoms with Crippen LogP contribution >= 0.6 is 11.8 Å². The topological polar surface area (TPSA) is 57.2 Å². The lowest BCUT2D eigenvalue weighted by molar-refractivity contribution is 0.257. The molecule has 2 N–H and O–H groups in total. The molecule has 0 amide bonds. The summed E-state index contributed by atoms with van der Waals surface area (Å²) in [5.74, 6) is 0.836. The number of amidine groups is 1. The number of hydrogen-bond acceptors (Lipinski definition) is 6. The van der Waals surface area contributed by atoms with E-state index in [1.165, 1.54) is 0 Å². The second-order valence-electron chi connectivity index (χ2n) is 8.34. The molecule has 0 aliphatic carbocycles. The second-order valence-corrected chi connectivity index (χ2v) is 9.33. The van der Waals surface area contributed by atoms with Crippen molar-refractivity contribution in [2.24, 2.45) is 21.1 Å². The molecule has 0 radical (unpaired) electrons. The Balaban J connectivity index is 2.93. The number of rotatable bonds is 9. The molecule has 0 aromatic carbocycles. The molecular weight excluding hydrogens is 378 g/mol. The van der Waals surface area contributed by atoms with Gasteiger partial charge in [-0.15, -0.1) is 6.58 Å². The van der Waals surface area contributed by atoms with Gasteiger partial charge >= 0.3 is 0 Å². The smallest absolute Gasteiger partial charge is 0.159 e. The molecule has 1 aliphatic rings. The van der Waals surface area contributed by atoms with Gasteiger partial charge in [-0.05, 0) is 47.2 Å². The van der Waals surface area contributed by atoms with Crippen molar-refractivity contribution in [1.82, 2.24) is 9.80 Å². The third kappa shape index (κ3) is 8.39. The molecule has 0 fully saturated rings. The standard InChI is InChI=1S/C23H41N5S/c1-9-20(27(6)7)12-15-28(8)22-26-19(4)17-25-21(13-16-29-22)23(5,10-2)14-11-18(3)24/h10-11,13,17,19-20H,2,9,12,14-16,24H2,1,3-8H3/b18-11+,21-13-,25-17?,26-22?/t19?,20?,23-/m0/s1. The largest absolute Gasteiger partial charge is 0.403 e. The van der Waals surface area contributed by atoms with E-state index in [9.17, 15) is 0 Å². The minimum Gasteiger partial charge on any atom is -0.403 e. The lowest BCUT2D eigenvalue weighted by Gasteiger charge is -2.27. The minimum absolute atomic E-state index is 0.0260. The number of hydrogen-bond donors (Lipinski definition) is 1. The summed E-state index contributed by atoms with van der Waals surface area (Å²) >= 11 is 1.78. The van der Waals surface area contributed by atoms with Crippen molar-refractivity contribution in [3.05, 3.63) is 36.2 Å². The highest BCUT2D eigenvalue weighted by Gasteiger charge is 2.25. The summed E-state index contributed by atoms with van der Waals surface area (Å²) in [5, 5.41) is 1.08. The summed E-state index contributed by atoms with van der Waals surface area (Å²) in [4.78, 5) is 14.3. The molecule has 3 atom stereocenters. The van der Waals surface area contributed by atoms with Gasteiger partial charge in [-0.25, -0.2) is 0 Å². The Bertz CT molecular complexity index is 646. The van der Waals surface area contributed by atoms with Gasteiger partial charge in [0, 0.05) is 48.4 Å². The van der Waals surface area contributed by atoms with Gasteiger partial charge in [-0.1, -0.05) is 43.8 Å². The number of nitrogens with two attached hydrogens (primary N) is 1. The fourth-order valence-corrected chi connectivity index (χ4v) is 4.14. The quantitative estimate of drug-likeness (QED) is 0.558. The highest BCUT2D eigenvalue weighted by atomic mass is 32.2. The van der Waals surface area contributed by atoms with E-state index >= 15 is 0 Å². The summed E-state index contributed by atoms with van der Waals surface area (Å²) in [6, 6.07) is 0.621. The lowest BCUT2D eigenvalue weighted by atomic mass is 9.83. The molecule has 0 aromatic rings. The first-order chi connectivity index (χ1) is 13.6. The molecule has 29 heavy (non-hydrogen) atoms. The van der Waals surface area contributed by atoms with E-state index in [2.05, 4.69) is 64.4 Å². The number of allylic oxidation sites excluding steroid dienone is 3. The Morgan fingerprint density at radius 1 is 1.45 bits per heavy atom. The summed E-state index contributed by atoms with van der Waals surface area (Å²) in [6.07, 6.45) is 11.3. The van der Waals surface area contributed by atoms with Gasteiger partial charge in [0.15, 0.2) is 5.17 Å². The minimum atomic E-state index is -0.242. The zero-order chi connectivity index (χ0) is 22.0. The van der Waals surface area contributed by atoms with E-state index < -0.39 is 0 Å². The van der Waals surface area contributed by atoms with Crippen LogP contribution in [-0.2, 0) is 0 Å². The van der Waals surface area contributed by atoms with Crippen molar-refractivity contribution >= 4 is 23.1 Å². The molecule has 0 bridgehead atoms. The van der Waals surface area contributed by atoms with Crippen molar-refractivity contribution in [2.75, 3.05) is 33.4 Å². The van der Waals surface area contributed by atoms with Crippen LogP contribution in [0.2, 0.25) is 0 Å². The Hall–Kier alpha value is -1.53. The third-order valence-corrected chi connectivity index (χ3v) is 6.45. The van der Waals surface area contributed by atoms with Crippen molar-refractivity contribution < 1.29 is 0 Å². The van der Waals surface area contributed by atoms with E-state index in [0.29, 0.717) is 6.04 Å². The maximum atomic E-state index is 5.85. The molecule has 164 valence electrons. The SMILES string of the molecule is C=C[C@@](C)(C/C=C(\C)N)/C1=C/CSC(N(C)CCC(CC)N(C)C)=NC(C)C=N1.